The zero-order valence-corrected chi connectivity index (χ0v) is 21.6. The van der Waals surface area contributed by atoms with Crippen LogP contribution in [0.1, 0.15) is 11.1 Å². The number of carbonyl (C=O) groups is 1. The van der Waals surface area contributed by atoms with E-state index in [0.29, 0.717) is 29.0 Å². The maximum absolute atomic E-state index is 13.4. The first kappa shape index (κ1) is 23.5. The molecule has 1 aliphatic rings. The number of benzene rings is 3. The summed E-state index contributed by atoms with van der Waals surface area (Å²) in [5, 5.41) is 0.658. The highest BCUT2D eigenvalue weighted by atomic mass is 79.9. The summed E-state index contributed by atoms with van der Waals surface area (Å²) >= 11 is 8.50. The van der Waals surface area contributed by atoms with Gasteiger partial charge >= 0.3 is 0 Å². The SMILES string of the molecule is C=CCOc1c(Br)cc(/C=C2\SC(=Nc3ccccc3)N(Cc3ccccc3)C2=O)cc1Br. The Morgan fingerprint density at radius 2 is 1.64 bits per heavy atom. The van der Waals surface area contributed by atoms with E-state index >= 15 is 0 Å². The molecule has 1 saturated heterocycles. The second-order valence-corrected chi connectivity index (χ2v) is 9.85. The summed E-state index contributed by atoms with van der Waals surface area (Å²) in [4.78, 5) is 20.5. The third-order valence-electron chi connectivity index (χ3n) is 4.72. The normalized spacial score (nSPS) is 15.9. The lowest BCUT2D eigenvalue weighted by Gasteiger charge is -2.15. The van der Waals surface area contributed by atoms with Crippen LogP contribution in [0.2, 0.25) is 0 Å². The number of amides is 1. The Morgan fingerprint density at radius 1 is 1.00 bits per heavy atom. The van der Waals surface area contributed by atoms with Crippen LogP contribution in [0, 0.1) is 0 Å². The third kappa shape index (κ3) is 5.85. The largest absolute Gasteiger partial charge is 0.487 e. The van der Waals surface area contributed by atoms with Gasteiger partial charge in [-0.2, -0.15) is 0 Å². The van der Waals surface area contributed by atoms with Gasteiger partial charge in [-0.25, -0.2) is 4.99 Å². The van der Waals surface area contributed by atoms with Crippen molar-refractivity contribution in [2.45, 2.75) is 6.54 Å². The third-order valence-corrected chi connectivity index (χ3v) is 6.90. The molecule has 0 saturated carbocycles. The molecule has 1 fully saturated rings. The molecule has 3 aromatic rings. The van der Waals surface area contributed by atoms with E-state index in [4.69, 9.17) is 9.73 Å². The lowest BCUT2D eigenvalue weighted by molar-refractivity contribution is -0.122. The van der Waals surface area contributed by atoms with Crippen molar-refractivity contribution in [2.24, 2.45) is 4.99 Å². The van der Waals surface area contributed by atoms with Crippen LogP contribution < -0.4 is 4.74 Å². The summed E-state index contributed by atoms with van der Waals surface area (Å²) in [6.07, 6.45) is 3.57. The molecule has 1 amide bonds. The van der Waals surface area contributed by atoms with Gasteiger partial charge in [0.05, 0.1) is 26.1 Å². The van der Waals surface area contributed by atoms with Gasteiger partial charge in [-0.1, -0.05) is 61.2 Å². The predicted octanol–water partition coefficient (Wildman–Crippen LogP) is 7.58. The Hall–Kier alpha value is -2.61. The second kappa shape index (κ2) is 11.0. The number of hydrogen-bond donors (Lipinski definition) is 0. The van der Waals surface area contributed by atoms with Crippen molar-refractivity contribution in [3.63, 3.8) is 0 Å². The molecule has 0 spiro atoms. The first-order valence-corrected chi connectivity index (χ1v) is 12.6. The zero-order chi connectivity index (χ0) is 23.2. The molecule has 1 aliphatic heterocycles. The highest BCUT2D eigenvalue weighted by molar-refractivity contribution is 9.11. The molecule has 4 rings (SSSR count). The van der Waals surface area contributed by atoms with Gasteiger partial charge in [-0.3, -0.25) is 9.69 Å². The number of nitrogens with zero attached hydrogens (tertiary/aromatic N) is 2. The first-order chi connectivity index (χ1) is 16.0. The molecule has 7 heteroatoms. The smallest absolute Gasteiger partial charge is 0.267 e. The van der Waals surface area contributed by atoms with Crippen molar-refractivity contribution in [3.8, 4) is 5.75 Å². The maximum Gasteiger partial charge on any atom is 0.267 e. The highest BCUT2D eigenvalue weighted by Crippen LogP contribution is 2.38. The van der Waals surface area contributed by atoms with Crippen molar-refractivity contribution < 1.29 is 9.53 Å². The van der Waals surface area contributed by atoms with E-state index in [1.807, 2.05) is 78.9 Å². The lowest BCUT2D eigenvalue weighted by Crippen LogP contribution is -2.28. The van der Waals surface area contributed by atoms with Crippen LogP contribution in [0.3, 0.4) is 0 Å². The van der Waals surface area contributed by atoms with Gasteiger partial charge in [-0.05, 0) is 85.1 Å². The minimum Gasteiger partial charge on any atom is -0.487 e. The van der Waals surface area contributed by atoms with Gasteiger partial charge in [0, 0.05) is 0 Å². The quantitative estimate of drug-likeness (QED) is 0.213. The summed E-state index contributed by atoms with van der Waals surface area (Å²) < 4.78 is 7.28. The molecule has 0 bridgehead atoms. The van der Waals surface area contributed by atoms with E-state index in [2.05, 4.69) is 38.4 Å². The second-order valence-electron chi connectivity index (χ2n) is 7.13. The van der Waals surface area contributed by atoms with E-state index in [-0.39, 0.29) is 5.91 Å². The van der Waals surface area contributed by atoms with Crippen molar-refractivity contribution in [3.05, 3.63) is 110 Å². The molecule has 166 valence electrons. The zero-order valence-electron chi connectivity index (χ0n) is 17.6. The van der Waals surface area contributed by atoms with Crippen LogP contribution in [0.5, 0.6) is 5.75 Å². The number of halogens is 2. The van der Waals surface area contributed by atoms with Crippen LogP contribution in [0.4, 0.5) is 5.69 Å². The number of carbonyl (C=O) groups excluding carboxylic acids is 1. The predicted molar refractivity (Wildman–Crippen MR) is 144 cm³/mol. The van der Waals surface area contributed by atoms with Gasteiger partial charge in [-0.15, -0.1) is 0 Å². The molecular formula is C26H20Br2N2O2S. The summed E-state index contributed by atoms with van der Waals surface area (Å²) in [5.74, 6) is 0.622. The standard InChI is InChI=1S/C26H20Br2N2O2S/c1-2-13-32-24-21(27)14-19(15-22(24)28)16-23-25(31)30(17-18-9-5-3-6-10-18)26(33-23)29-20-11-7-4-8-12-20/h2-12,14-16H,1,13,17H2/b23-16-,29-26?. The summed E-state index contributed by atoms with van der Waals surface area (Å²) in [7, 11) is 0. The fourth-order valence-corrected chi connectivity index (χ4v) is 5.65. The average molecular weight is 584 g/mol. The fraction of sp³-hybridized carbons (Fsp3) is 0.0769. The van der Waals surface area contributed by atoms with E-state index < -0.39 is 0 Å². The summed E-state index contributed by atoms with van der Waals surface area (Å²) in [6.45, 7) is 4.54. The Morgan fingerprint density at radius 3 is 2.27 bits per heavy atom. The van der Waals surface area contributed by atoms with Gasteiger partial charge in [0.1, 0.15) is 12.4 Å². The van der Waals surface area contributed by atoms with E-state index in [9.17, 15) is 4.79 Å². The highest BCUT2D eigenvalue weighted by Gasteiger charge is 2.33. The van der Waals surface area contributed by atoms with Crippen LogP contribution >= 0.6 is 43.6 Å². The Kier molecular flexibility index (Phi) is 7.85. The van der Waals surface area contributed by atoms with Gasteiger partial charge in [0.25, 0.3) is 5.91 Å². The van der Waals surface area contributed by atoms with Crippen LogP contribution in [0.15, 0.2) is 104 Å². The van der Waals surface area contributed by atoms with Crippen molar-refractivity contribution in [1.29, 1.82) is 0 Å². The van der Waals surface area contributed by atoms with Gasteiger partial charge < -0.3 is 4.74 Å². The van der Waals surface area contributed by atoms with Gasteiger partial charge in [0.15, 0.2) is 5.17 Å². The first-order valence-electron chi connectivity index (χ1n) is 10.2. The molecule has 1 heterocycles. The van der Waals surface area contributed by atoms with Crippen molar-refractivity contribution in [1.82, 2.24) is 4.90 Å². The number of para-hydroxylation sites is 1. The molecule has 0 radical (unpaired) electrons. The Bertz CT molecular complexity index is 1200. The molecule has 0 N–H and O–H groups in total. The molecule has 0 aromatic heterocycles. The van der Waals surface area contributed by atoms with E-state index in [1.165, 1.54) is 11.8 Å². The molecular weight excluding hydrogens is 564 g/mol. The van der Waals surface area contributed by atoms with Crippen LogP contribution in [0.25, 0.3) is 6.08 Å². The average Bonchev–Trinajstić information content (AvgIpc) is 3.09. The minimum atomic E-state index is -0.0715. The number of thioether (sulfide) groups is 1. The van der Waals surface area contributed by atoms with Gasteiger partial charge in [0.2, 0.25) is 0 Å². The Balaban J connectivity index is 1.68. The molecule has 4 nitrogen and oxygen atoms in total. The molecule has 0 atom stereocenters. The molecule has 33 heavy (non-hydrogen) atoms. The topological polar surface area (TPSA) is 41.9 Å². The van der Waals surface area contributed by atoms with Crippen LogP contribution in [-0.2, 0) is 11.3 Å². The minimum absolute atomic E-state index is 0.0715. The van der Waals surface area contributed by atoms with Crippen LogP contribution in [-0.4, -0.2) is 22.6 Å². The van der Waals surface area contributed by atoms with Crippen molar-refractivity contribution in [2.75, 3.05) is 6.61 Å². The summed E-state index contributed by atoms with van der Waals surface area (Å²) in [5.41, 5.74) is 2.72. The Labute approximate surface area is 214 Å². The molecule has 3 aromatic carbocycles. The summed E-state index contributed by atoms with van der Waals surface area (Å²) in [6, 6.07) is 23.5. The number of rotatable bonds is 7. The monoisotopic (exact) mass is 582 g/mol. The number of amidine groups is 1. The van der Waals surface area contributed by atoms with E-state index in [0.717, 1.165) is 25.8 Å². The molecule has 0 aliphatic carbocycles. The van der Waals surface area contributed by atoms with E-state index in [1.54, 1.807) is 11.0 Å². The number of hydrogen-bond acceptors (Lipinski definition) is 4. The fourth-order valence-electron chi connectivity index (χ4n) is 3.20. The van der Waals surface area contributed by atoms with Crippen molar-refractivity contribution >= 4 is 66.5 Å². The lowest BCUT2D eigenvalue weighted by atomic mass is 10.2. The molecule has 0 unspecified atom stereocenters. The number of ether oxygens (including phenoxy) is 1. The number of aliphatic imine (C=N–C) groups is 1. The maximum atomic E-state index is 13.4.